The van der Waals surface area contributed by atoms with Gasteiger partial charge in [0.15, 0.2) is 11.6 Å². The molecule has 1 heterocycles. The Morgan fingerprint density at radius 2 is 2.22 bits per heavy atom. The van der Waals surface area contributed by atoms with Crippen LogP contribution in [0, 0.1) is 17.6 Å². The highest BCUT2D eigenvalue weighted by molar-refractivity contribution is 9.10. The van der Waals surface area contributed by atoms with E-state index in [0.717, 1.165) is 25.6 Å². The summed E-state index contributed by atoms with van der Waals surface area (Å²) in [4.78, 5) is 11.9. The van der Waals surface area contributed by atoms with Crippen LogP contribution in [0.2, 0.25) is 0 Å². The highest BCUT2D eigenvalue weighted by Gasteiger charge is 2.21. The first-order chi connectivity index (χ1) is 8.59. The number of carbonyl (C=O) groups excluding carboxylic acids is 1. The third-order valence-corrected chi connectivity index (χ3v) is 3.88. The molecule has 1 N–H and O–H groups in total. The van der Waals surface area contributed by atoms with E-state index in [1.54, 1.807) is 0 Å². The number of hydrogen-bond acceptors (Lipinski definition) is 2. The Hall–Kier alpha value is -0.810. The minimum Gasteiger partial charge on any atom is -0.316 e. The first-order valence-corrected chi connectivity index (χ1v) is 6.76. The summed E-state index contributed by atoms with van der Waals surface area (Å²) in [5.74, 6) is -1.61. The maximum absolute atomic E-state index is 13.7. The van der Waals surface area contributed by atoms with Gasteiger partial charge in [-0.2, -0.15) is 0 Å². The molecule has 2 rings (SSSR count). The minimum atomic E-state index is -0.801. The first kappa shape index (κ1) is 13.6. The standard InChI is InChI=1S/C13H14BrF2NO/c14-9-2-3-10(15)12(13(9)16)11(18)4-1-8-5-6-17-7-8/h2-3,8,17H,1,4-7H2. The lowest BCUT2D eigenvalue weighted by atomic mass is 9.97. The van der Waals surface area contributed by atoms with Gasteiger partial charge in [-0.05, 0) is 59.9 Å². The van der Waals surface area contributed by atoms with Crippen LogP contribution in [0.1, 0.15) is 29.6 Å². The third-order valence-electron chi connectivity index (χ3n) is 3.26. The van der Waals surface area contributed by atoms with Gasteiger partial charge < -0.3 is 5.32 Å². The second kappa shape index (κ2) is 5.89. The second-order valence-corrected chi connectivity index (χ2v) is 5.39. The van der Waals surface area contributed by atoms with Crippen molar-refractivity contribution in [2.75, 3.05) is 13.1 Å². The molecule has 1 aliphatic rings. The van der Waals surface area contributed by atoms with Crippen molar-refractivity contribution in [3.63, 3.8) is 0 Å². The van der Waals surface area contributed by atoms with Gasteiger partial charge in [0, 0.05) is 6.42 Å². The number of ketones is 1. The van der Waals surface area contributed by atoms with E-state index in [4.69, 9.17) is 0 Å². The van der Waals surface area contributed by atoms with Gasteiger partial charge in [-0.3, -0.25) is 4.79 Å². The van der Waals surface area contributed by atoms with Crippen LogP contribution in [0.5, 0.6) is 0 Å². The highest BCUT2D eigenvalue weighted by Crippen LogP contribution is 2.24. The summed E-state index contributed by atoms with van der Waals surface area (Å²) < 4.78 is 27.3. The van der Waals surface area contributed by atoms with Crippen molar-refractivity contribution in [1.82, 2.24) is 5.32 Å². The maximum Gasteiger partial charge on any atom is 0.168 e. The summed E-state index contributed by atoms with van der Waals surface area (Å²) in [5, 5.41) is 3.20. The topological polar surface area (TPSA) is 29.1 Å². The van der Waals surface area contributed by atoms with E-state index in [0.29, 0.717) is 12.3 Å². The molecule has 98 valence electrons. The van der Waals surface area contributed by atoms with Crippen LogP contribution in [0.15, 0.2) is 16.6 Å². The quantitative estimate of drug-likeness (QED) is 0.682. The molecular weight excluding hydrogens is 304 g/mol. The lowest BCUT2D eigenvalue weighted by molar-refractivity contribution is 0.0966. The van der Waals surface area contributed by atoms with Crippen LogP contribution in [0.3, 0.4) is 0 Å². The molecule has 5 heteroatoms. The van der Waals surface area contributed by atoms with Crippen LogP contribution in [0.4, 0.5) is 8.78 Å². The third kappa shape index (κ3) is 2.95. The summed E-state index contributed by atoms with van der Waals surface area (Å²) >= 11 is 2.96. The fourth-order valence-electron chi connectivity index (χ4n) is 2.20. The van der Waals surface area contributed by atoms with Crippen molar-refractivity contribution >= 4 is 21.7 Å². The van der Waals surface area contributed by atoms with E-state index < -0.39 is 23.0 Å². The van der Waals surface area contributed by atoms with E-state index in [2.05, 4.69) is 21.2 Å². The molecule has 1 aromatic rings. The number of hydrogen-bond donors (Lipinski definition) is 1. The molecule has 1 atom stereocenters. The van der Waals surface area contributed by atoms with Crippen LogP contribution >= 0.6 is 15.9 Å². The lowest BCUT2D eigenvalue weighted by Crippen LogP contribution is -2.12. The molecule has 1 aromatic carbocycles. The Balaban J connectivity index is 2.06. The molecule has 1 fully saturated rings. The van der Waals surface area contributed by atoms with E-state index in [-0.39, 0.29) is 10.9 Å². The zero-order chi connectivity index (χ0) is 13.1. The highest BCUT2D eigenvalue weighted by atomic mass is 79.9. The molecule has 0 amide bonds. The van der Waals surface area contributed by atoms with E-state index in [9.17, 15) is 13.6 Å². The predicted octanol–water partition coefficient (Wildman–Crippen LogP) is 3.30. The van der Waals surface area contributed by atoms with Gasteiger partial charge in [0.1, 0.15) is 5.82 Å². The van der Waals surface area contributed by atoms with Crippen molar-refractivity contribution in [2.45, 2.75) is 19.3 Å². The Morgan fingerprint density at radius 1 is 1.44 bits per heavy atom. The number of nitrogens with one attached hydrogen (secondary N) is 1. The van der Waals surface area contributed by atoms with E-state index in [1.807, 2.05) is 0 Å². The van der Waals surface area contributed by atoms with Crippen molar-refractivity contribution in [1.29, 1.82) is 0 Å². The van der Waals surface area contributed by atoms with Gasteiger partial charge in [0.2, 0.25) is 0 Å². The Kier molecular flexibility index (Phi) is 4.45. The average Bonchev–Trinajstić information content (AvgIpc) is 2.85. The van der Waals surface area contributed by atoms with Gasteiger partial charge in [-0.25, -0.2) is 8.78 Å². The number of rotatable bonds is 4. The van der Waals surface area contributed by atoms with Gasteiger partial charge >= 0.3 is 0 Å². The molecule has 0 saturated carbocycles. The molecule has 1 aliphatic heterocycles. The van der Waals surface area contributed by atoms with Crippen molar-refractivity contribution < 1.29 is 13.6 Å². The van der Waals surface area contributed by atoms with Crippen molar-refractivity contribution in [2.24, 2.45) is 5.92 Å². The van der Waals surface area contributed by atoms with Crippen LogP contribution in [0.25, 0.3) is 0 Å². The summed E-state index contributed by atoms with van der Waals surface area (Å²) in [6.45, 7) is 1.84. The Bertz CT molecular complexity index is 459. The SMILES string of the molecule is O=C(CCC1CCNC1)c1c(F)ccc(Br)c1F. The average molecular weight is 318 g/mol. The Morgan fingerprint density at radius 3 is 2.89 bits per heavy atom. The fraction of sp³-hybridized carbons (Fsp3) is 0.462. The van der Waals surface area contributed by atoms with E-state index in [1.165, 1.54) is 6.07 Å². The molecule has 1 saturated heterocycles. The second-order valence-electron chi connectivity index (χ2n) is 4.54. The largest absolute Gasteiger partial charge is 0.316 e. The number of Topliss-reactive ketones (excluding diaryl/α,β-unsaturated/α-hetero) is 1. The molecule has 2 nitrogen and oxygen atoms in total. The van der Waals surface area contributed by atoms with E-state index >= 15 is 0 Å². The molecule has 0 radical (unpaired) electrons. The zero-order valence-corrected chi connectivity index (χ0v) is 11.4. The number of carbonyl (C=O) groups is 1. The number of benzene rings is 1. The molecule has 0 aliphatic carbocycles. The fourth-order valence-corrected chi connectivity index (χ4v) is 2.53. The maximum atomic E-state index is 13.7. The summed E-state index contributed by atoms with van der Waals surface area (Å²) in [6, 6.07) is 2.37. The normalized spacial score (nSPS) is 19.2. The van der Waals surface area contributed by atoms with Crippen molar-refractivity contribution in [3.05, 3.63) is 33.8 Å². The van der Waals surface area contributed by atoms with Gasteiger partial charge in [0.05, 0.1) is 10.0 Å². The Labute approximate surface area is 113 Å². The monoisotopic (exact) mass is 317 g/mol. The molecule has 18 heavy (non-hydrogen) atoms. The summed E-state index contributed by atoms with van der Waals surface area (Å²) in [7, 11) is 0. The first-order valence-electron chi connectivity index (χ1n) is 5.97. The van der Waals surface area contributed by atoms with Crippen LogP contribution in [-0.2, 0) is 0 Å². The minimum absolute atomic E-state index is 0.120. The zero-order valence-electron chi connectivity index (χ0n) is 9.81. The van der Waals surface area contributed by atoms with Gasteiger partial charge in [-0.15, -0.1) is 0 Å². The summed E-state index contributed by atoms with van der Waals surface area (Å²) in [5.41, 5.74) is -0.421. The van der Waals surface area contributed by atoms with Gasteiger partial charge in [0.25, 0.3) is 0 Å². The van der Waals surface area contributed by atoms with Crippen LogP contribution < -0.4 is 5.32 Å². The molecule has 0 bridgehead atoms. The van der Waals surface area contributed by atoms with Crippen molar-refractivity contribution in [3.8, 4) is 0 Å². The predicted molar refractivity (Wildman–Crippen MR) is 68.6 cm³/mol. The smallest absolute Gasteiger partial charge is 0.168 e. The molecule has 1 unspecified atom stereocenters. The molecule has 0 spiro atoms. The lowest BCUT2D eigenvalue weighted by Gasteiger charge is -2.09. The van der Waals surface area contributed by atoms with Crippen LogP contribution in [-0.4, -0.2) is 18.9 Å². The molecule has 0 aromatic heterocycles. The summed E-state index contributed by atoms with van der Waals surface area (Å²) in [6.07, 6.45) is 1.89. The molecular formula is C13H14BrF2NO. The van der Waals surface area contributed by atoms with Gasteiger partial charge in [-0.1, -0.05) is 0 Å². The number of halogens is 3.